The minimum absolute atomic E-state index is 0.0335. The van der Waals surface area contributed by atoms with Crippen molar-refractivity contribution in [2.45, 2.75) is 20.4 Å². The van der Waals surface area contributed by atoms with Crippen molar-refractivity contribution in [2.75, 3.05) is 6.61 Å². The summed E-state index contributed by atoms with van der Waals surface area (Å²) in [6, 6.07) is 11.0. The van der Waals surface area contributed by atoms with Gasteiger partial charge in [-0.05, 0) is 49.7 Å². The standard InChI is InChI=1S/C19H17FN2O3S/c1-3-25-16(23)11-22-17-12(2)5-4-6-15(17)26-19(22)21-18(24)13-7-9-14(20)10-8-13/h4-10H,3,11H2,1-2H3. The highest BCUT2D eigenvalue weighted by Crippen LogP contribution is 2.21. The first-order valence-corrected chi connectivity index (χ1v) is 8.90. The first kappa shape index (κ1) is 18.0. The lowest BCUT2D eigenvalue weighted by Gasteiger charge is -2.06. The van der Waals surface area contributed by atoms with Crippen LogP contribution in [0.25, 0.3) is 10.2 Å². The Morgan fingerprint density at radius 2 is 1.92 bits per heavy atom. The van der Waals surface area contributed by atoms with Gasteiger partial charge in [0.1, 0.15) is 12.4 Å². The summed E-state index contributed by atoms with van der Waals surface area (Å²) in [7, 11) is 0. The summed E-state index contributed by atoms with van der Waals surface area (Å²) < 4.78 is 20.7. The number of benzene rings is 2. The van der Waals surface area contributed by atoms with Gasteiger partial charge in [0.15, 0.2) is 4.80 Å². The molecule has 26 heavy (non-hydrogen) atoms. The summed E-state index contributed by atoms with van der Waals surface area (Å²) >= 11 is 1.32. The van der Waals surface area contributed by atoms with Gasteiger partial charge in [0.05, 0.1) is 16.8 Å². The van der Waals surface area contributed by atoms with Crippen LogP contribution in [-0.4, -0.2) is 23.1 Å². The number of aryl methyl sites for hydroxylation is 1. The zero-order valence-electron chi connectivity index (χ0n) is 14.4. The molecule has 134 valence electrons. The van der Waals surface area contributed by atoms with Gasteiger partial charge in [0, 0.05) is 5.56 Å². The monoisotopic (exact) mass is 372 g/mol. The second-order valence-corrected chi connectivity index (χ2v) is 6.63. The Labute approximate surface area is 153 Å². The number of carbonyl (C=O) groups excluding carboxylic acids is 2. The minimum atomic E-state index is -0.494. The summed E-state index contributed by atoms with van der Waals surface area (Å²) in [5, 5.41) is 0. The molecule has 0 aliphatic heterocycles. The quantitative estimate of drug-likeness (QED) is 0.659. The summed E-state index contributed by atoms with van der Waals surface area (Å²) in [4.78, 5) is 29.0. The lowest BCUT2D eigenvalue weighted by molar-refractivity contribution is -0.143. The molecule has 7 heteroatoms. The van der Waals surface area contributed by atoms with E-state index in [-0.39, 0.29) is 18.7 Å². The van der Waals surface area contributed by atoms with Crippen molar-refractivity contribution in [1.29, 1.82) is 0 Å². The van der Waals surface area contributed by atoms with Gasteiger partial charge < -0.3 is 9.30 Å². The third-order valence-corrected chi connectivity index (χ3v) is 4.83. The predicted molar refractivity (Wildman–Crippen MR) is 97.5 cm³/mol. The largest absolute Gasteiger partial charge is 0.465 e. The molecule has 3 rings (SSSR count). The van der Waals surface area contributed by atoms with Crippen molar-refractivity contribution in [3.63, 3.8) is 0 Å². The Morgan fingerprint density at radius 3 is 2.62 bits per heavy atom. The number of ether oxygens (including phenoxy) is 1. The fourth-order valence-electron chi connectivity index (χ4n) is 2.62. The van der Waals surface area contributed by atoms with E-state index in [1.165, 1.54) is 35.6 Å². The van der Waals surface area contributed by atoms with E-state index in [9.17, 15) is 14.0 Å². The Hall–Kier alpha value is -2.80. The zero-order valence-corrected chi connectivity index (χ0v) is 15.2. The van der Waals surface area contributed by atoms with Crippen LogP contribution in [0.15, 0.2) is 47.5 Å². The third kappa shape index (κ3) is 3.72. The van der Waals surface area contributed by atoms with E-state index in [0.717, 1.165) is 15.8 Å². The fourth-order valence-corrected chi connectivity index (χ4v) is 3.72. The maximum atomic E-state index is 13.0. The van der Waals surface area contributed by atoms with Crippen molar-refractivity contribution in [1.82, 2.24) is 4.57 Å². The average molecular weight is 372 g/mol. The molecular weight excluding hydrogens is 355 g/mol. The molecule has 0 unspecified atom stereocenters. The number of amides is 1. The molecule has 1 heterocycles. The Morgan fingerprint density at radius 1 is 1.19 bits per heavy atom. The van der Waals surface area contributed by atoms with Crippen molar-refractivity contribution in [2.24, 2.45) is 4.99 Å². The van der Waals surface area contributed by atoms with Crippen LogP contribution < -0.4 is 4.80 Å². The first-order chi connectivity index (χ1) is 12.5. The van der Waals surface area contributed by atoms with E-state index in [1.807, 2.05) is 25.1 Å². The van der Waals surface area contributed by atoms with Crippen LogP contribution in [0.5, 0.6) is 0 Å². The van der Waals surface area contributed by atoms with Gasteiger partial charge >= 0.3 is 5.97 Å². The average Bonchev–Trinajstić information content (AvgIpc) is 2.94. The van der Waals surface area contributed by atoms with Gasteiger partial charge in [0.25, 0.3) is 5.91 Å². The SMILES string of the molecule is CCOC(=O)Cn1c(=NC(=O)c2ccc(F)cc2)sc2cccc(C)c21. The summed E-state index contributed by atoms with van der Waals surface area (Å²) in [6.45, 7) is 3.92. The summed E-state index contributed by atoms with van der Waals surface area (Å²) in [6.07, 6.45) is 0. The predicted octanol–water partition coefficient (Wildman–Crippen LogP) is 3.45. The van der Waals surface area contributed by atoms with Crippen LogP contribution >= 0.6 is 11.3 Å². The summed E-state index contributed by atoms with van der Waals surface area (Å²) in [5.41, 5.74) is 2.10. The second-order valence-electron chi connectivity index (χ2n) is 5.62. The lowest BCUT2D eigenvalue weighted by Crippen LogP contribution is -2.23. The molecule has 0 fully saturated rings. The molecule has 0 radical (unpaired) electrons. The van der Waals surface area contributed by atoms with Crippen molar-refractivity contribution >= 4 is 33.4 Å². The Bertz CT molecular complexity index is 1040. The van der Waals surface area contributed by atoms with E-state index in [2.05, 4.69) is 4.99 Å². The molecular formula is C19H17FN2O3S. The van der Waals surface area contributed by atoms with E-state index in [0.29, 0.717) is 4.80 Å². The van der Waals surface area contributed by atoms with Crippen LogP contribution in [0.1, 0.15) is 22.8 Å². The van der Waals surface area contributed by atoms with E-state index < -0.39 is 17.7 Å². The number of nitrogens with zero attached hydrogens (tertiary/aromatic N) is 2. The molecule has 5 nitrogen and oxygen atoms in total. The number of hydrogen-bond donors (Lipinski definition) is 0. The Balaban J connectivity index is 2.12. The first-order valence-electron chi connectivity index (χ1n) is 8.08. The van der Waals surface area contributed by atoms with Crippen LogP contribution in [-0.2, 0) is 16.1 Å². The van der Waals surface area contributed by atoms with Gasteiger partial charge in [0.2, 0.25) is 0 Å². The maximum Gasteiger partial charge on any atom is 0.326 e. The number of halogens is 1. The number of hydrogen-bond acceptors (Lipinski definition) is 4. The van der Waals surface area contributed by atoms with Gasteiger partial charge in [-0.2, -0.15) is 4.99 Å². The Kier molecular flexibility index (Phi) is 5.27. The van der Waals surface area contributed by atoms with E-state index in [1.54, 1.807) is 11.5 Å². The van der Waals surface area contributed by atoms with E-state index in [4.69, 9.17) is 4.74 Å². The van der Waals surface area contributed by atoms with Gasteiger partial charge in [-0.15, -0.1) is 0 Å². The molecule has 0 spiro atoms. The number of fused-ring (bicyclic) bond motifs is 1. The van der Waals surface area contributed by atoms with Crippen LogP contribution in [0.4, 0.5) is 4.39 Å². The molecule has 0 saturated carbocycles. The van der Waals surface area contributed by atoms with Gasteiger partial charge in [-0.3, -0.25) is 9.59 Å². The van der Waals surface area contributed by atoms with Gasteiger partial charge in [-0.25, -0.2) is 4.39 Å². The number of carbonyl (C=O) groups is 2. The molecule has 0 N–H and O–H groups in total. The maximum absolute atomic E-state index is 13.0. The topological polar surface area (TPSA) is 60.7 Å². The minimum Gasteiger partial charge on any atom is -0.465 e. The number of rotatable bonds is 4. The molecule has 0 aliphatic carbocycles. The highest BCUT2D eigenvalue weighted by atomic mass is 32.1. The van der Waals surface area contributed by atoms with Crippen molar-refractivity contribution < 1.29 is 18.7 Å². The normalized spacial score (nSPS) is 11.7. The molecule has 0 saturated heterocycles. The summed E-state index contributed by atoms with van der Waals surface area (Å²) in [5.74, 6) is -1.31. The smallest absolute Gasteiger partial charge is 0.326 e. The fraction of sp³-hybridized carbons (Fsp3) is 0.211. The second kappa shape index (κ2) is 7.61. The highest BCUT2D eigenvalue weighted by Gasteiger charge is 2.14. The van der Waals surface area contributed by atoms with Crippen molar-refractivity contribution in [3.05, 3.63) is 64.2 Å². The lowest BCUT2D eigenvalue weighted by atomic mass is 10.2. The van der Waals surface area contributed by atoms with Crippen LogP contribution in [0.3, 0.4) is 0 Å². The molecule has 2 aromatic carbocycles. The number of esters is 1. The number of thiazole rings is 1. The molecule has 0 atom stereocenters. The number of para-hydroxylation sites is 1. The van der Waals surface area contributed by atoms with Crippen LogP contribution in [0.2, 0.25) is 0 Å². The van der Waals surface area contributed by atoms with E-state index >= 15 is 0 Å². The van der Waals surface area contributed by atoms with Gasteiger partial charge in [-0.1, -0.05) is 23.5 Å². The van der Waals surface area contributed by atoms with Crippen molar-refractivity contribution in [3.8, 4) is 0 Å². The molecule has 3 aromatic rings. The highest BCUT2D eigenvalue weighted by molar-refractivity contribution is 7.16. The molecule has 1 aromatic heterocycles. The van der Waals surface area contributed by atoms with Crippen LogP contribution in [0, 0.1) is 12.7 Å². The molecule has 1 amide bonds. The molecule has 0 aliphatic rings. The zero-order chi connectivity index (χ0) is 18.7. The number of aromatic nitrogens is 1. The molecule has 0 bridgehead atoms. The third-order valence-electron chi connectivity index (χ3n) is 3.78.